The molecular weight excluding hydrogens is 515 g/mol. The summed E-state index contributed by atoms with van der Waals surface area (Å²) in [5.41, 5.74) is 4.10. The maximum absolute atomic E-state index is 13.8. The van der Waals surface area contributed by atoms with Gasteiger partial charge in [0, 0.05) is 35.5 Å². The second-order valence-electron chi connectivity index (χ2n) is 10.2. The van der Waals surface area contributed by atoms with E-state index in [4.69, 9.17) is 23.2 Å². The maximum Gasteiger partial charge on any atom is 0.243 e. The van der Waals surface area contributed by atoms with Crippen LogP contribution >= 0.6 is 23.2 Å². The number of rotatable bonds is 12. The Balaban J connectivity index is 1.92. The molecular formula is C32H38Cl2N2O2. The van der Waals surface area contributed by atoms with E-state index >= 15 is 0 Å². The summed E-state index contributed by atoms with van der Waals surface area (Å²) >= 11 is 12.6. The number of halogens is 2. The molecule has 0 aliphatic rings. The molecule has 0 spiro atoms. The summed E-state index contributed by atoms with van der Waals surface area (Å²) < 4.78 is 0. The SMILES string of the molecule is CCC(C)NC(=O)C(Cc1ccccc1)N(Cc1ccc(Cl)cc1Cl)C(=O)CCc1ccc(C(C)C)cc1. The van der Waals surface area contributed by atoms with Gasteiger partial charge in [0.25, 0.3) is 0 Å². The van der Waals surface area contributed by atoms with Gasteiger partial charge >= 0.3 is 0 Å². The Bertz CT molecular complexity index is 1200. The minimum atomic E-state index is -0.686. The van der Waals surface area contributed by atoms with Crippen molar-refractivity contribution >= 4 is 35.0 Å². The monoisotopic (exact) mass is 552 g/mol. The van der Waals surface area contributed by atoms with Crippen molar-refractivity contribution in [3.63, 3.8) is 0 Å². The van der Waals surface area contributed by atoms with Crippen LogP contribution in [0.4, 0.5) is 0 Å². The van der Waals surface area contributed by atoms with Gasteiger partial charge in [-0.2, -0.15) is 0 Å². The summed E-state index contributed by atoms with van der Waals surface area (Å²) in [6.07, 6.45) is 2.08. The van der Waals surface area contributed by atoms with Crippen molar-refractivity contribution < 1.29 is 9.59 Å². The molecule has 2 amide bonds. The molecule has 0 aliphatic carbocycles. The lowest BCUT2D eigenvalue weighted by Gasteiger charge is -2.32. The van der Waals surface area contributed by atoms with Gasteiger partial charge in [-0.05, 0) is 60.1 Å². The van der Waals surface area contributed by atoms with Crippen molar-refractivity contribution in [2.24, 2.45) is 0 Å². The molecule has 0 radical (unpaired) electrons. The number of benzene rings is 3. The second kappa shape index (κ2) is 14.4. The van der Waals surface area contributed by atoms with Crippen LogP contribution in [-0.4, -0.2) is 28.8 Å². The van der Waals surface area contributed by atoms with E-state index in [1.54, 1.807) is 17.0 Å². The highest BCUT2D eigenvalue weighted by Crippen LogP contribution is 2.25. The van der Waals surface area contributed by atoms with E-state index in [2.05, 4.69) is 43.4 Å². The highest BCUT2D eigenvalue weighted by atomic mass is 35.5. The summed E-state index contributed by atoms with van der Waals surface area (Å²) in [4.78, 5) is 29.1. The molecule has 0 fully saturated rings. The van der Waals surface area contributed by atoms with E-state index < -0.39 is 6.04 Å². The van der Waals surface area contributed by atoms with Crippen molar-refractivity contribution in [3.8, 4) is 0 Å². The molecule has 0 saturated heterocycles. The fourth-order valence-corrected chi connectivity index (χ4v) is 4.76. The summed E-state index contributed by atoms with van der Waals surface area (Å²) in [5, 5.41) is 4.10. The van der Waals surface area contributed by atoms with Gasteiger partial charge < -0.3 is 10.2 Å². The van der Waals surface area contributed by atoms with E-state index in [1.807, 2.05) is 50.2 Å². The van der Waals surface area contributed by atoms with Crippen LogP contribution in [0.1, 0.15) is 68.7 Å². The molecule has 1 N–H and O–H groups in total. The van der Waals surface area contributed by atoms with Crippen LogP contribution in [0.15, 0.2) is 72.8 Å². The van der Waals surface area contributed by atoms with Crippen LogP contribution in [0.2, 0.25) is 10.0 Å². The fraction of sp³-hybridized carbons (Fsp3) is 0.375. The lowest BCUT2D eigenvalue weighted by atomic mass is 9.99. The van der Waals surface area contributed by atoms with Crippen molar-refractivity contribution in [1.29, 1.82) is 0 Å². The first-order chi connectivity index (χ1) is 18.2. The first-order valence-electron chi connectivity index (χ1n) is 13.3. The molecule has 202 valence electrons. The molecule has 2 atom stereocenters. The first kappa shape index (κ1) is 29.7. The minimum absolute atomic E-state index is 0.00341. The molecule has 3 aromatic rings. The Morgan fingerprint density at radius 3 is 2.18 bits per heavy atom. The standard InChI is InChI=1S/C32H38Cl2N2O2/c1-5-23(4)35-32(38)30(19-25-9-7-6-8-10-25)36(21-27-16-17-28(33)20-29(27)34)31(37)18-13-24-11-14-26(15-12-24)22(2)3/h6-12,14-17,20,22-23,30H,5,13,18-19,21H2,1-4H3,(H,35,38). The maximum atomic E-state index is 13.8. The summed E-state index contributed by atoms with van der Waals surface area (Å²) in [6, 6.07) is 22.8. The van der Waals surface area contributed by atoms with Gasteiger partial charge in [0.05, 0.1) is 0 Å². The molecule has 0 aliphatic heterocycles. The topological polar surface area (TPSA) is 49.4 Å². The number of hydrogen-bond donors (Lipinski definition) is 1. The van der Waals surface area contributed by atoms with Crippen LogP contribution in [0.25, 0.3) is 0 Å². The van der Waals surface area contributed by atoms with Crippen LogP contribution in [0, 0.1) is 0 Å². The van der Waals surface area contributed by atoms with Crippen molar-refractivity contribution in [2.75, 3.05) is 0 Å². The molecule has 0 aromatic heterocycles. The number of carbonyl (C=O) groups excluding carboxylic acids is 2. The molecule has 6 heteroatoms. The third-order valence-corrected chi connectivity index (χ3v) is 7.49. The lowest BCUT2D eigenvalue weighted by molar-refractivity contribution is -0.141. The molecule has 2 unspecified atom stereocenters. The average molecular weight is 554 g/mol. The normalized spacial score (nSPS) is 12.7. The van der Waals surface area contributed by atoms with E-state index in [-0.39, 0.29) is 30.8 Å². The van der Waals surface area contributed by atoms with E-state index in [9.17, 15) is 9.59 Å². The fourth-order valence-electron chi connectivity index (χ4n) is 4.29. The third kappa shape index (κ3) is 8.61. The molecule has 3 rings (SSSR count). The average Bonchev–Trinajstić information content (AvgIpc) is 2.91. The molecule has 38 heavy (non-hydrogen) atoms. The smallest absolute Gasteiger partial charge is 0.243 e. The molecule has 0 bridgehead atoms. The number of amides is 2. The van der Waals surface area contributed by atoms with Gasteiger partial charge in [-0.3, -0.25) is 9.59 Å². The Kier molecular flexibility index (Phi) is 11.2. The zero-order valence-electron chi connectivity index (χ0n) is 22.7. The lowest BCUT2D eigenvalue weighted by Crippen LogP contribution is -2.52. The predicted molar refractivity (Wildman–Crippen MR) is 158 cm³/mol. The predicted octanol–water partition coefficient (Wildman–Crippen LogP) is 7.60. The number of aryl methyl sites for hydroxylation is 1. The van der Waals surface area contributed by atoms with Gasteiger partial charge in [-0.1, -0.05) is 105 Å². The summed E-state index contributed by atoms with van der Waals surface area (Å²) in [5.74, 6) is 0.195. The van der Waals surface area contributed by atoms with Gasteiger partial charge in [0.1, 0.15) is 6.04 Å². The highest BCUT2D eigenvalue weighted by Gasteiger charge is 2.31. The molecule has 4 nitrogen and oxygen atoms in total. The number of nitrogens with one attached hydrogen (secondary N) is 1. The van der Waals surface area contributed by atoms with Gasteiger partial charge in [0.2, 0.25) is 11.8 Å². The van der Waals surface area contributed by atoms with Crippen LogP contribution < -0.4 is 5.32 Å². The second-order valence-corrected chi connectivity index (χ2v) is 11.0. The summed E-state index contributed by atoms with van der Waals surface area (Å²) in [6.45, 7) is 8.54. The first-order valence-corrected chi connectivity index (χ1v) is 14.1. The molecule has 0 heterocycles. The zero-order valence-corrected chi connectivity index (χ0v) is 24.2. The van der Waals surface area contributed by atoms with Gasteiger partial charge in [-0.15, -0.1) is 0 Å². The Hall–Kier alpha value is -2.82. The van der Waals surface area contributed by atoms with Gasteiger partial charge in [-0.25, -0.2) is 0 Å². The summed E-state index contributed by atoms with van der Waals surface area (Å²) in [7, 11) is 0. The van der Waals surface area contributed by atoms with Crippen molar-refractivity contribution in [2.45, 2.75) is 77.9 Å². The quantitative estimate of drug-likeness (QED) is 0.251. The number of nitrogens with zero attached hydrogens (tertiary/aromatic N) is 1. The number of carbonyl (C=O) groups is 2. The van der Waals surface area contributed by atoms with E-state index in [0.717, 1.165) is 23.1 Å². The zero-order chi connectivity index (χ0) is 27.7. The van der Waals surface area contributed by atoms with E-state index in [0.29, 0.717) is 28.8 Å². The van der Waals surface area contributed by atoms with Crippen LogP contribution in [-0.2, 0) is 29.0 Å². The minimum Gasteiger partial charge on any atom is -0.352 e. The van der Waals surface area contributed by atoms with Crippen molar-refractivity contribution in [3.05, 3.63) is 105 Å². The third-order valence-electron chi connectivity index (χ3n) is 6.90. The Morgan fingerprint density at radius 1 is 0.895 bits per heavy atom. The Morgan fingerprint density at radius 2 is 1.58 bits per heavy atom. The van der Waals surface area contributed by atoms with Crippen LogP contribution in [0.5, 0.6) is 0 Å². The van der Waals surface area contributed by atoms with Crippen molar-refractivity contribution in [1.82, 2.24) is 10.2 Å². The largest absolute Gasteiger partial charge is 0.352 e. The van der Waals surface area contributed by atoms with Crippen LogP contribution in [0.3, 0.4) is 0 Å². The number of hydrogen-bond acceptors (Lipinski definition) is 2. The van der Waals surface area contributed by atoms with E-state index in [1.165, 1.54) is 5.56 Å². The van der Waals surface area contributed by atoms with Gasteiger partial charge in [0.15, 0.2) is 0 Å². The highest BCUT2D eigenvalue weighted by molar-refractivity contribution is 6.35. The Labute approximate surface area is 237 Å². The molecule has 0 saturated carbocycles. The molecule has 3 aromatic carbocycles.